The number of hydrogen-bond acceptors (Lipinski definition) is 4. The van der Waals surface area contributed by atoms with Crippen LogP contribution in [0.4, 0.5) is 0 Å². The summed E-state index contributed by atoms with van der Waals surface area (Å²) in [4.78, 5) is 23.0. The minimum Gasteiger partial charge on any atom is -0.469 e. The third kappa shape index (κ3) is 2.37. The normalized spacial score (nSPS) is 29.7. The van der Waals surface area contributed by atoms with Crippen LogP contribution in [0, 0.1) is 17.8 Å². The molecule has 0 N–H and O–H groups in total. The zero-order chi connectivity index (χ0) is 11.4. The van der Waals surface area contributed by atoms with Gasteiger partial charge in [-0.3, -0.25) is 9.59 Å². The second-order valence-corrected chi connectivity index (χ2v) is 3.70. The van der Waals surface area contributed by atoms with Crippen LogP contribution < -0.4 is 0 Å². The number of carbonyl (C=O) groups is 2. The van der Waals surface area contributed by atoms with Crippen molar-refractivity contribution in [3.8, 4) is 0 Å². The molecule has 0 aliphatic heterocycles. The molecule has 0 bridgehead atoms. The number of ether oxygens (including phenoxy) is 2. The molecule has 0 saturated heterocycles. The van der Waals surface area contributed by atoms with E-state index in [0.29, 0.717) is 6.42 Å². The van der Waals surface area contributed by atoms with Gasteiger partial charge in [0.05, 0.1) is 26.1 Å². The van der Waals surface area contributed by atoms with Crippen molar-refractivity contribution in [2.75, 3.05) is 14.2 Å². The van der Waals surface area contributed by atoms with Crippen molar-refractivity contribution in [1.82, 2.24) is 0 Å². The summed E-state index contributed by atoms with van der Waals surface area (Å²) in [5.74, 6) is -1.52. The summed E-state index contributed by atoms with van der Waals surface area (Å²) in [5, 5.41) is 0. The van der Waals surface area contributed by atoms with Crippen LogP contribution in [0.5, 0.6) is 0 Å². The standard InChI is InChI=1S/C11H16O4/c1-7-5-4-6-8(10(12)14-2)9(7)11(13)15-3/h4-5,7-9H,6H2,1-3H3/t7-,8+,9+/m1/s1. The van der Waals surface area contributed by atoms with E-state index >= 15 is 0 Å². The molecular weight excluding hydrogens is 196 g/mol. The fourth-order valence-electron chi connectivity index (χ4n) is 1.98. The van der Waals surface area contributed by atoms with Gasteiger partial charge in [-0.25, -0.2) is 0 Å². The molecule has 0 aromatic heterocycles. The molecule has 0 spiro atoms. The molecular formula is C11H16O4. The first-order chi connectivity index (χ1) is 7.11. The Hall–Kier alpha value is -1.32. The highest BCUT2D eigenvalue weighted by Crippen LogP contribution is 2.31. The Morgan fingerprint density at radius 2 is 1.80 bits per heavy atom. The van der Waals surface area contributed by atoms with Crippen molar-refractivity contribution < 1.29 is 19.1 Å². The van der Waals surface area contributed by atoms with Gasteiger partial charge in [-0.2, -0.15) is 0 Å². The minimum absolute atomic E-state index is 0.00954. The predicted octanol–water partition coefficient (Wildman–Crippen LogP) is 1.16. The Kier molecular flexibility index (Phi) is 3.88. The van der Waals surface area contributed by atoms with Gasteiger partial charge in [0.15, 0.2) is 0 Å². The van der Waals surface area contributed by atoms with E-state index in [1.54, 1.807) is 0 Å². The van der Waals surface area contributed by atoms with Crippen LogP contribution >= 0.6 is 0 Å². The molecule has 4 heteroatoms. The third-order valence-corrected chi connectivity index (χ3v) is 2.81. The Morgan fingerprint density at radius 1 is 1.20 bits per heavy atom. The average Bonchev–Trinajstić information content (AvgIpc) is 2.26. The van der Waals surface area contributed by atoms with Gasteiger partial charge in [0.25, 0.3) is 0 Å². The predicted molar refractivity (Wildman–Crippen MR) is 53.9 cm³/mol. The van der Waals surface area contributed by atoms with Crippen LogP contribution in [0.2, 0.25) is 0 Å². The smallest absolute Gasteiger partial charge is 0.310 e. The van der Waals surface area contributed by atoms with Crippen molar-refractivity contribution in [2.45, 2.75) is 13.3 Å². The molecule has 15 heavy (non-hydrogen) atoms. The van der Waals surface area contributed by atoms with E-state index < -0.39 is 11.8 Å². The molecule has 0 amide bonds. The van der Waals surface area contributed by atoms with Crippen LogP contribution in [0.1, 0.15) is 13.3 Å². The monoisotopic (exact) mass is 212 g/mol. The molecule has 4 nitrogen and oxygen atoms in total. The van der Waals surface area contributed by atoms with E-state index in [2.05, 4.69) is 4.74 Å². The number of hydrogen-bond donors (Lipinski definition) is 0. The van der Waals surface area contributed by atoms with Crippen molar-refractivity contribution in [3.05, 3.63) is 12.2 Å². The Bertz CT molecular complexity index is 282. The number of rotatable bonds is 2. The van der Waals surface area contributed by atoms with Crippen LogP contribution in [-0.2, 0) is 19.1 Å². The fraction of sp³-hybridized carbons (Fsp3) is 0.636. The van der Waals surface area contributed by atoms with Crippen LogP contribution in [-0.4, -0.2) is 26.2 Å². The molecule has 0 aromatic carbocycles. The van der Waals surface area contributed by atoms with Gasteiger partial charge >= 0.3 is 11.9 Å². The maximum absolute atomic E-state index is 11.5. The zero-order valence-electron chi connectivity index (χ0n) is 9.23. The molecule has 0 fully saturated rings. The Labute approximate surface area is 89.2 Å². The van der Waals surface area contributed by atoms with Crippen LogP contribution in [0.3, 0.4) is 0 Å². The van der Waals surface area contributed by atoms with Gasteiger partial charge in [0.1, 0.15) is 0 Å². The Balaban J connectivity index is 2.89. The maximum atomic E-state index is 11.5. The van der Waals surface area contributed by atoms with Crippen molar-refractivity contribution in [3.63, 3.8) is 0 Å². The first kappa shape index (κ1) is 11.8. The van der Waals surface area contributed by atoms with Gasteiger partial charge in [-0.15, -0.1) is 0 Å². The number of methoxy groups -OCH3 is 2. The van der Waals surface area contributed by atoms with E-state index in [0.717, 1.165) is 0 Å². The van der Waals surface area contributed by atoms with Crippen molar-refractivity contribution in [1.29, 1.82) is 0 Å². The van der Waals surface area contributed by atoms with Gasteiger partial charge in [-0.1, -0.05) is 19.1 Å². The first-order valence-corrected chi connectivity index (χ1v) is 4.94. The van der Waals surface area contributed by atoms with E-state index in [1.807, 2.05) is 19.1 Å². The molecule has 0 saturated carbocycles. The quantitative estimate of drug-likeness (QED) is 0.509. The highest BCUT2D eigenvalue weighted by atomic mass is 16.5. The second kappa shape index (κ2) is 4.96. The molecule has 0 heterocycles. The molecule has 1 aliphatic rings. The lowest BCUT2D eigenvalue weighted by atomic mass is 9.76. The summed E-state index contributed by atoms with van der Waals surface area (Å²) in [5.41, 5.74) is 0. The summed E-state index contributed by atoms with van der Waals surface area (Å²) in [6.07, 6.45) is 4.38. The number of esters is 2. The minimum atomic E-state index is -0.424. The molecule has 1 aliphatic carbocycles. The third-order valence-electron chi connectivity index (χ3n) is 2.81. The lowest BCUT2D eigenvalue weighted by Crippen LogP contribution is -2.37. The Morgan fingerprint density at radius 3 is 2.33 bits per heavy atom. The zero-order valence-corrected chi connectivity index (χ0v) is 9.23. The molecule has 0 unspecified atom stereocenters. The lowest BCUT2D eigenvalue weighted by molar-refractivity contribution is -0.159. The molecule has 0 aromatic rings. The summed E-state index contributed by atoms with van der Waals surface area (Å²) in [6.45, 7) is 1.90. The lowest BCUT2D eigenvalue weighted by Gasteiger charge is -2.28. The SMILES string of the molecule is COC(=O)[C@H]1[C@H](C)C=CC[C@@H]1C(=O)OC. The first-order valence-electron chi connectivity index (χ1n) is 4.94. The summed E-state index contributed by atoms with van der Waals surface area (Å²) in [7, 11) is 2.67. The summed E-state index contributed by atoms with van der Waals surface area (Å²) >= 11 is 0. The van der Waals surface area contributed by atoms with Crippen molar-refractivity contribution >= 4 is 11.9 Å². The van der Waals surface area contributed by atoms with Crippen LogP contribution in [0.25, 0.3) is 0 Å². The van der Waals surface area contributed by atoms with Gasteiger partial charge < -0.3 is 9.47 Å². The van der Waals surface area contributed by atoms with Crippen molar-refractivity contribution in [2.24, 2.45) is 17.8 Å². The fourth-order valence-corrected chi connectivity index (χ4v) is 1.98. The summed E-state index contributed by atoms with van der Waals surface area (Å²) in [6, 6.07) is 0. The topological polar surface area (TPSA) is 52.6 Å². The van der Waals surface area contributed by atoms with E-state index in [4.69, 9.17) is 4.74 Å². The molecule has 0 radical (unpaired) electrons. The highest BCUT2D eigenvalue weighted by Gasteiger charge is 2.39. The number of allylic oxidation sites excluding steroid dienone is 2. The van der Waals surface area contributed by atoms with Gasteiger partial charge in [0.2, 0.25) is 0 Å². The largest absolute Gasteiger partial charge is 0.469 e. The van der Waals surface area contributed by atoms with Crippen LogP contribution in [0.15, 0.2) is 12.2 Å². The molecule has 84 valence electrons. The maximum Gasteiger partial charge on any atom is 0.310 e. The molecule has 1 rings (SSSR count). The second-order valence-electron chi connectivity index (χ2n) is 3.70. The average molecular weight is 212 g/mol. The van der Waals surface area contributed by atoms with E-state index in [-0.39, 0.29) is 17.9 Å². The van der Waals surface area contributed by atoms with E-state index in [9.17, 15) is 9.59 Å². The molecule has 3 atom stereocenters. The van der Waals surface area contributed by atoms with E-state index in [1.165, 1.54) is 14.2 Å². The highest BCUT2D eigenvalue weighted by molar-refractivity contribution is 5.83. The number of carbonyl (C=O) groups excluding carboxylic acids is 2. The summed E-state index contributed by atoms with van der Waals surface area (Å²) < 4.78 is 9.39. The van der Waals surface area contributed by atoms with Gasteiger partial charge in [-0.05, 0) is 12.3 Å². The van der Waals surface area contributed by atoms with Gasteiger partial charge in [0, 0.05) is 0 Å².